The van der Waals surface area contributed by atoms with Gasteiger partial charge < -0.3 is 5.11 Å². The maximum Gasteiger partial charge on any atom is 0.354 e. The van der Waals surface area contributed by atoms with Crippen molar-refractivity contribution in [1.82, 2.24) is 9.29 Å². The van der Waals surface area contributed by atoms with Crippen molar-refractivity contribution in [1.29, 1.82) is 0 Å². The van der Waals surface area contributed by atoms with E-state index in [1.807, 2.05) is 0 Å². The summed E-state index contributed by atoms with van der Waals surface area (Å²) in [7, 11) is -3.63. The molecule has 1 aromatic rings. The summed E-state index contributed by atoms with van der Waals surface area (Å²) >= 11 is 0. The number of anilines is 1. The number of carboxylic acids is 1. The molecule has 0 spiro atoms. The topological polar surface area (TPSA) is 99.6 Å². The molecule has 0 aromatic carbocycles. The first kappa shape index (κ1) is 12.8. The molecule has 0 radical (unpaired) electrons. The second-order valence-corrected chi connectivity index (χ2v) is 5.60. The molecule has 98 valence electrons. The van der Waals surface area contributed by atoms with Crippen LogP contribution in [0.15, 0.2) is 18.2 Å². The smallest absolute Gasteiger partial charge is 0.354 e. The Bertz CT molecular complexity index is 552. The standard InChI is InChI=1S/C10H13N3O4S/c14-10(15)8-4-3-5-9(11-8)12-18(16,17)13-6-1-2-7-13/h3-5H,1-2,6-7H2,(H,11,12)(H,14,15). The van der Waals surface area contributed by atoms with E-state index in [9.17, 15) is 13.2 Å². The van der Waals surface area contributed by atoms with Crippen LogP contribution < -0.4 is 4.72 Å². The molecule has 0 bridgehead atoms. The fourth-order valence-corrected chi connectivity index (χ4v) is 2.98. The summed E-state index contributed by atoms with van der Waals surface area (Å²) in [6.45, 7) is 0.960. The van der Waals surface area contributed by atoms with Gasteiger partial charge in [-0.25, -0.2) is 9.78 Å². The first-order valence-electron chi connectivity index (χ1n) is 5.47. The Balaban J connectivity index is 2.18. The molecule has 7 nitrogen and oxygen atoms in total. The summed E-state index contributed by atoms with van der Waals surface area (Å²) in [5.74, 6) is -1.18. The number of hydrogen-bond acceptors (Lipinski definition) is 4. The SMILES string of the molecule is O=C(O)c1cccc(NS(=O)(=O)N2CCCC2)n1. The molecule has 0 amide bonds. The summed E-state index contributed by atoms with van der Waals surface area (Å²) in [5.41, 5.74) is -0.198. The van der Waals surface area contributed by atoms with E-state index in [1.165, 1.54) is 22.5 Å². The predicted octanol–water partition coefficient (Wildman–Crippen LogP) is 0.532. The van der Waals surface area contributed by atoms with E-state index in [4.69, 9.17) is 5.11 Å². The second kappa shape index (κ2) is 4.91. The molecule has 1 fully saturated rings. The van der Waals surface area contributed by atoms with Crippen LogP contribution in [0.4, 0.5) is 5.82 Å². The molecule has 18 heavy (non-hydrogen) atoms. The second-order valence-electron chi connectivity index (χ2n) is 3.93. The minimum absolute atomic E-state index is 0.0156. The van der Waals surface area contributed by atoms with E-state index in [1.54, 1.807) is 0 Å². The van der Waals surface area contributed by atoms with E-state index in [0.717, 1.165) is 12.8 Å². The van der Waals surface area contributed by atoms with Crippen LogP contribution in [0.25, 0.3) is 0 Å². The molecule has 0 atom stereocenters. The zero-order valence-electron chi connectivity index (χ0n) is 9.54. The quantitative estimate of drug-likeness (QED) is 0.832. The predicted molar refractivity (Wildman–Crippen MR) is 64.5 cm³/mol. The van der Waals surface area contributed by atoms with Crippen molar-refractivity contribution in [3.05, 3.63) is 23.9 Å². The van der Waals surface area contributed by atoms with Crippen LogP contribution in [0.3, 0.4) is 0 Å². The van der Waals surface area contributed by atoms with Gasteiger partial charge in [-0.05, 0) is 25.0 Å². The number of nitrogens with one attached hydrogen (secondary N) is 1. The highest BCUT2D eigenvalue weighted by Gasteiger charge is 2.25. The van der Waals surface area contributed by atoms with Crippen LogP contribution in [-0.4, -0.2) is 41.9 Å². The Morgan fingerprint density at radius 2 is 2.00 bits per heavy atom. The average molecular weight is 271 g/mol. The van der Waals surface area contributed by atoms with Gasteiger partial charge in [-0.1, -0.05) is 6.07 Å². The summed E-state index contributed by atoms with van der Waals surface area (Å²) in [6.07, 6.45) is 1.67. The molecule has 0 saturated carbocycles. The van der Waals surface area contributed by atoms with Crippen LogP contribution in [0, 0.1) is 0 Å². The Morgan fingerprint density at radius 1 is 1.33 bits per heavy atom. The van der Waals surface area contributed by atoms with Crippen LogP contribution >= 0.6 is 0 Å². The van der Waals surface area contributed by atoms with E-state index in [2.05, 4.69) is 9.71 Å². The number of carboxylic acid groups (broad SMARTS) is 1. The van der Waals surface area contributed by atoms with Gasteiger partial charge in [0.15, 0.2) is 5.69 Å². The molecule has 1 aliphatic heterocycles. The van der Waals surface area contributed by atoms with Crippen LogP contribution in [0.5, 0.6) is 0 Å². The largest absolute Gasteiger partial charge is 0.477 e. The summed E-state index contributed by atoms with van der Waals surface area (Å²) < 4.78 is 27.4. The van der Waals surface area contributed by atoms with Crippen LogP contribution in [0.1, 0.15) is 23.3 Å². The first-order chi connectivity index (χ1) is 8.49. The number of aromatic carboxylic acids is 1. The number of hydrogen-bond donors (Lipinski definition) is 2. The number of aromatic nitrogens is 1. The molecule has 2 rings (SSSR count). The van der Waals surface area contributed by atoms with Crippen LogP contribution in [-0.2, 0) is 10.2 Å². The van der Waals surface area contributed by atoms with Gasteiger partial charge in [-0.3, -0.25) is 4.72 Å². The Labute approximate surface area is 105 Å². The molecule has 0 aliphatic carbocycles. The van der Waals surface area contributed by atoms with Crippen molar-refractivity contribution in [3.8, 4) is 0 Å². The van der Waals surface area contributed by atoms with Crippen molar-refractivity contribution in [2.24, 2.45) is 0 Å². The third-order valence-corrected chi connectivity index (χ3v) is 4.12. The minimum atomic E-state index is -3.63. The van der Waals surface area contributed by atoms with E-state index >= 15 is 0 Å². The molecule has 2 N–H and O–H groups in total. The summed E-state index contributed by atoms with van der Waals surface area (Å²) in [5, 5.41) is 8.77. The third kappa shape index (κ3) is 2.77. The lowest BCUT2D eigenvalue weighted by atomic mass is 10.3. The van der Waals surface area contributed by atoms with Gasteiger partial charge in [-0.2, -0.15) is 12.7 Å². The van der Waals surface area contributed by atoms with Gasteiger partial charge >= 0.3 is 16.2 Å². The maximum atomic E-state index is 11.9. The molecule has 1 saturated heterocycles. The van der Waals surface area contributed by atoms with Gasteiger partial charge in [0.1, 0.15) is 5.82 Å². The lowest BCUT2D eigenvalue weighted by Crippen LogP contribution is -2.33. The van der Waals surface area contributed by atoms with Gasteiger partial charge in [-0.15, -0.1) is 0 Å². The molecule has 8 heteroatoms. The summed E-state index contributed by atoms with van der Waals surface area (Å²) in [4.78, 5) is 14.4. The zero-order chi connectivity index (χ0) is 13.2. The van der Waals surface area contributed by atoms with Crippen molar-refractivity contribution >= 4 is 22.0 Å². The van der Waals surface area contributed by atoms with Gasteiger partial charge in [0.05, 0.1) is 0 Å². The van der Waals surface area contributed by atoms with Crippen molar-refractivity contribution < 1.29 is 18.3 Å². The van der Waals surface area contributed by atoms with E-state index < -0.39 is 16.2 Å². The number of carbonyl (C=O) groups is 1. The number of nitrogens with zero attached hydrogens (tertiary/aromatic N) is 2. The lowest BCUT2D eigenvalue weighted by Gasteiger charge is -2.16. The Hall–Kier alpha value is -1.67. The molecule has 1 aromatic heterocycles. The minimum Gasteiger partial charge on any atom is -0.477 e. The highest BCUT2D eigenvalue weighted by molar-refractivity contribution is 7.90. The van der Waals surface area contributed by atoms with Crippen molar-refractivity contribution in [3.63, 3.8) is 0 Å². The van der Waals surface area contributed by atoms with E-state index in [-0.39, 0.29) is 11.5 Å². The summed E-state index contributed by atoms with van der Waals surface area (Å²) in [6, 6.07) is 4.16. The van der Waals surface area contributed by atoms with Crippen molar-refractivity contribution in [2.75, 3.05) is 17.8 Å². The number of rotatable bonds is 4. The Morgan fingerprint density at radius 3 is 2.61 bits per heavy atom. The molecular weight excluding hydrogens is 258 g/mol. The average Bonchev–Trinajstić information content (AvgIpc) is 2.82. The normalized spacial score (nSPS) is 16.7. The van der Waals surface area contributed by atoms with Gasteiger partial charge in [0, 0.05) is 13.1 Å². The Kier molecular flexibility index (Phi) is 3.48. The zero-order valence-corrected chi connectivity index (χ0v) is 10.4. The highest BCUT2D eigenvalue weighted by atomic mass is 32.2. The monoisotopic (exact) mass is 271 g/mol. The fraction of sp³-hybridized carbons (Fsp3) is 0.400. The van der Waals surface area contributed by atoms with Gasteiger partial charge in [0.25, 0.3) is 0 Å². The molecular formula is C10H13N3O4S. The molecule has 2 heterocycles. The van der Waals surface area contributed by atoms with E-state index in [0.29, 0.717) is 13.1 Å². The third-order valence-electron chi connectivity index (χ3n) is 2.61. The molecule has 1 aliphatic rings. The van der Waals surface area contributed by atoms with Crippen molar-refractivity contribution in [2.45, 2.75) is 12.8 Å². The highest BCUT2D eigenvalue weighted by Crippen LogP contribution is 2.15. The first-order valence-corrected chi connectivity index (χ1v) is 6.91. The van der Waals surface area contributed by atoms with Gasteiger partial charge in [0.2, 0.25) is 0 Å². The maximum absolute atomic E-state index is 11.9. The fourth-order valence-electron chi connectivity index (χ4n) is 1.74. The lowest BCUT2D eigenvalue weighted by molar-refractivity contribution is 0.0690. The van der Waals surface area contributed by atoms with Crippen LogP contribution in [0.2, 0.25) is 0 Å². The molecule has 0 unspecified atom stereocenters. The number of pyridine rings is 1.